The van der Waals surface area contributed by atoms with Crippen molar-refractivity contribution >= 4 is 0 Å². The maximum Gasteiger partial charge on any atom is 0.0687 e. The van der Waals surface area contributed by atoms with E-state index in [4.69, 9.17) is 4.74 Å². The maximum absolute atomic E-state index is 6.46. The van der Waals surface area contributed by atoms with Gasteiger partial charge in [0.05, 0.1) is 11.7 Å². The molecule has 1 aliphatic heterocycles. The molecular weight excluding hydrogens is 222 g/mol. The average molecular weight is 253 g/mol. The summed E-state index contributed by atoms with van der Waals surface area (Å²) in [6, 6.07) is 0.613. The van der Waals surface area contributed by atoms with E-state index >= 15 is 0 Å². The van der Waals surface area contributed by atoms with Gasteiger partial charge in [0, 0.05) is 6.04 Å². The van der Waals surface area contributed by atoms with Crippen molar-refractivity contribution < 1.29 is 4.74 Å². The van der Waals surface area contributed by atoms with E-state index in [-0.39, 0.29) is 0 Å². The van der Waals surface area contributed by atoms with Crippen LogP contribution in [0.2, 0.25) is 0 Å². The molecule has 0 bridgehead atoms. The Morgan fingerprint density at radius 2 is 1.89 bits per heavy atom. The Bertz CT molecular complexity index is 247. The van der Waals surface area contributed by atoms with Crippen LogP contribution in [0.25, 0.3) is 0 Å². The first-order chi connectivity index (χ1) is 8.65. The van der Waals surface area contributed by atoms with Crippen LogP contribution < -0.4 is 5.32 Å². The molecule has 2 fully saturated rings. The average Bonchev–Trinajstić information content (AvgIpc) is 2.73. The minimum atomic E-state index is 0.296. The van der Waals surface area contributed by atoms with E-state index in [2.05, 4.69) is 26.1 Å². The van der Waals surface area contributed by atoms with E-state index in [1.54, 1.807) is 0 Å². The van der Waals surface area contributed by atoms with Gasteiger partial charge in [-0.2, -0.15) is 0 Å². The molecule has 2 aliphatic rings. The first-order valence-corrected chi connectivity index (χ1v) is 8.06. The van der Waals surface area contributed by atoms with Gasteiger partial charge in [-0.05, 0) is 51.5 Å². The summed E-state index contributed by atoms with van der Waals surface area (Å²) in [4.78, 5) is 0. The zero-order chi connectivity index (χ0) is 13.0. The van der Waals surface area contributed by atoms with Crippen molar-refractivity contribution in [3.63, 3.8) is 0 Å². The normalized spacial score (nSPS) is 30.5. The lowest BCUT2D eigenvalue weighted by Gasteiger charge is -2.34. The molecule has 2 rings (SSSR count). The number of ether oxygens (including phenoxy) is 1. The van der Waals surface area contributed by atoms with Crippen LogP contribution in [0.3, 0.4) is 0 Å². The fourth-order valence-electron chi connectivity index (χ4n) is 3.77. The minimum absolute atomic E-state index is 0.296. The van der Waals surface area contributed by atoms with E-state index in [1.165, 1.54) is 51.4 Å². The monoisotopic (exact) mass is 253 g/mol. The van der Waals surface area contributed by atoms with Crippen LogP contribution in [0, 0.1) is 5.92 Å². The lowest BCUT2D eigenvalue weighted by atomic mass is 9.83. The summed E-state index contributed by atoms with van der Waals surface area (Å²) in [6.45, 7) is 7.93. The van der Waals surface area contributed by atoms with Crippen LogP contribution in [0.1, 0.15) is 72.1 Å². The van der Waals surface area contributed by atoms with Crippen molar-refractivity contribution in [2.75, 3.05) is 6.54 Å². The smallest absolute Gasteiger partial charge is 0.0687 e. The predicted molar refractivity (Wildman–Crippen MR) is 76.8 cm³/mol. The van der Waals surface area contributed by atoms with E-state index in [0.29, 0.717) is 23.7 Å². The Morgan fingerprint density at radius 3 is 2.56 bits per heavy atom. The molecule has 18 heavy (non-hydrogen) atoms. The molecule has 0 amide bonds. The van der Waals surface area contributed by atoms with Crippen LogP contribution in [0.5, 0.6) is 0 Å². The molecule has 0 aromatic carbocycles. The SMILES string of the molecule is CCNC(C)C(C)CC1CCC2(CCCCC2)O1. The summed E-state index contributed by atoms with van der Waals surface area (Å²) in [5, 5.41) is 3.53. The number of nitrogens with one attached hydrogen (secondary N) is 1. The summed E-state index contributed by atoms with van der Waals surface area (Å²) >= 11 is 0. The van der Waals surface area contributed by atoms with Crippen LogP contribution in [0.4, 0.5) is 0 Å². The lowest BCUT2D eigenvalue weighted by molar-refractivity contribution is -0.0701. The van der Waals surface area contributed by atoms with Gasteiger partial charge in [-0.1, -0.05) is 33.1 Å². The van der Waals surface area contributed by atoms with Crippen LogP contribution in [-0.2, 0) is 4.74 Å². The van der Waals surface area contributed by atoms with Crippen LogP contribution in [0.15, 0.2) is 0 Å². The molecule has 1 N–H and O–H groups in total. The Labute approximate surface area is 113 Å². The molecule has 1 saturated carbocycles. The summed E-state index contributed by atoms with van der Waals surface area (Å²) < 4.78 is 6.46. The highest BCUT2D eigenvalue weighted by atomic mass is 16.5. The molecule has 3 unspecified atom stereocenters. The van der Waals surface area contributed by atoms with Crippen molar-refractivity contribution in [3.05, 3.63) is 0 Å². The van der Waals surface area contributed by atoms with E-state index in [9.17, 15) is 0 Å². The molecule has 1 aliphatic carbocycles. The Balaban J connectivity index is 1.78. The van der Waals surface area contributed by atoms with Crippen molar-refractivity contribution in [1.29, 1.82) is 0 Å². The number of rotatable bonds is 5. The van der Waals surface area contributed by atoms with Gasteiger partial charge in [0.25, 0.3) is 0 Å². The molecule has 0 aromatic rings. The van der Waals surface area contributed by atoms with Crippen molar-refractivity contribution in [2.45, 2.75) is 89.9 Å². The highest BCUT2D eigenvalue weighted by Crippen LogP contribution is 2.43. The molecule has 1 spiro atoms. The minimum Gasteiger partial charge on any atom is -0.372 e. The van der Waals surface area contributed by atoms with Gasteiger partial charge in [-0.25, -0.2) is 0 Å². The maximum atomic E-state index is 6.46. The number of hydrogen-bond acceptors (Lipinski definition) is 2. The third-order valence-electron chi connectivity index (χ3n) is 5.12. The van der Waals surface area contributed by atoms with Crippen molar-refractivity contribution in [2.24, 2.45) is 5.92 Å². The van der Waals surface area contributed by atoms with Gasteiger partial charge in [-0.15, -0.1) is 0 Å². The van der Waals surface area contributed by atoms with Gasteiger partial charge in [-0.3, -0.25) is 0 Å². The summed E-state index contributed by atoms with van der Waals surface area (Å²) in [5.74, 6) is 0.716. The van der Waals surface area contributed by atoms with Crippen LogP contribution in [-0.4, -0.2) is 24.3 Å². The van der Waals surface area contributed by atoms with Gasteiger partial charge >= 0.3 is 0 Å². The Hall–Kier alpha value is -0.0800. The largest absolute Gasteiger partial charge is 0.372 e. The quantitative estimate of drug-likeness (QED) is 0.802. The molecule has 1 saturated heterocycles. The molecule has 0 aromatic heterocycles. The summed E-state index contributed by atoms with van der Waals surface area (Å²) in [7, 11) is 0. The standard InChI is InChI=1S/C16H31NO/c1-4-17-14(3)13(2)12-15-8-11-16(18-15)9-6-5-7-10-16/h13-15,17H,4-12H2,1-3H3. The first-order valence-electron chi connectivity index (χ1n) is 8.06. The second-order valence-corrected chi connectivity index (χ2v) is 6.58. The van der Waals surface area contributed by atoms with Crippen LogP contribution >= 0.6 is 0 Å². The second kappa shape index (κ2) is 6.38. The molecule has 2 heteroatoms. The zero-order valence-corrected chi connectivity index (χ0v) is 12.5. The van der Waals surface area contributed by atoms with Crippen molar-refractivity contribution in [1.82, 2.24) is 5.32 Å². The third kappa shape index (κ3) is 3.48. The van der Waals surface area contributed by atoms with Gasteiger partial charge in [0.15, 0.2) is 0 Å². The summed E-state index contributed by atoms with van der Waals surface area (Å²) in [6.07, 6.45) is 11.2. The lowest BCUT2D eigenvalue weighted by Crippen LogP contribution is -2.35. The Kier molecular flexibility index (Phi) is 5.08. The second-order valence-electron chi connectivity index (χ2n) is 6.58. The molecule has 0 radical (unpaired) electrons. The van der Waals surface area contributed by atoms with E-state index in [1.807, 2.05) is 0 Å². The predicted octanol–water partition coefficient (Wildman–Crippen LogP) is 3.89. The molecule has 2 nitrogen and oxygen atoms in total. The summed E-state index contributed by atoms with van der Waals surface area (Å²) in [5.41, 5.74) is 0.296. The van der Waals surface area contributed by atoms with E-state index < -0.39 is 0 Å². The highest BCUT2D eigenvalue weighted by molar-refractivity contribution is 4.92. The van der Waals surface area contributed by atoms with Crippen molar-refractivity contribution in [3.8, 4) is 0 Å². The van der Waals surface area contributed by atoms with Gasteiger partial charge in [0.2, 0.25) is 0 Å². The molecule has 106 valence electrons. The van der Waals surface area contributed by atoms with Gasteiger partial charge in [0.1, 0.15) is 0 Å². The highest BCUT2D eigenvalue weighted by Gasteiger charge is 2.41. The fraction of sp³-hybridized carbons (Fsp3) is 1.00. The molecule has 3 atom stereocenters. The zero-order valence-electron chi connectivity index (χ0n) is 12.5. The Morgan fingerprint density at radius 1 is 1.17 bits per heavy atom. The third-order valence-corrected chi connectivity index (χ3v) is 5.12. The number of hydrogen-bond donors (Lipinski definition) is 1. The molecular formula is C16H31NO. The van der Waals surface area contributed by atoms with E-state index in [0.717, 1.165) is 6.54 Å². The first kappa shape index (κ1) is 14.3. The molecule has 1 heterocycles. The fourth-order valence-corrected chi connectivity index (χ4v) is 3.77. The van der Waals surface area contributed by atoms with Gasteiger partial charge < -0.3 is 10.1 Å². The topological polar surface area (TPSA) is 21.3 Å².